The van der Waals surface area contributed by atoms with E-state index in [0.717, 1.165) is 5.56 Å². The molecule has 0 aliphatic heterocycles. The molecule has 3 amide bonds. The van der Waals surface area contributed by atoms with Crippen LogP contribution in [0.4, 0.5) is 10.5 Å². The molecule has 160 valence electrons. The van der Waals surface area contributed by atoms with Gasteiger partial charge in [0.15, 0.2) is 0 Å². The fraction of sp³-hybridized carbons (Fsp3) is 0.348. The average molecular weight is 412 g/mol. The van der Waals surface area contributed by atoms with Crippen molar-refractivity contribution < 1.29 is 19.1 Å². The van der Waals surface area contributed by atoms with Crippen molar-refractivity contribution in [2.45, 2.75) is 39.3 Å². The Hall–Kier alpha value is -3.35. The van der Waals surface area contributed by atoms with E-state index in [1.165, 1.54) is 11.9 Å². The standard InChI is InChI=1S/C23H29N3O4/c1-16-11-9-10-14-18(16)25-21(28)20(17-12-7-6-8-13-17)26(5)19(27)15-24-22(29)30-23(2,3)4/h6-14,20H,15H2,1-5H3,(H,24,29)(H,25,28). The molecule has 0 spiro atoms. The van der Waals surface area contributed by atoms with E-state index in [4.69, 9.17) is 4.74 Å². The van der Waals surface area contributed by atoms with Crippen LogP contribution in [-0.2, 0) is 14.3 Å². The van der Waals surface area contributed by atoms with Crippen LogP contribution in [0.5, 0.6) is 0 Å². The van der Waals surface area contributed by atoms with Crippen molar-refractivity contribution in [2.75, 3.05) is 18.9 Å². The topological polar surface area (TPSA) is 87.7 Å². The molecule has 7 nitrogen and oxygen atoms in total. The number of nitrogens with one attached hydrogen (secondary N) is 2. The quantitative estimate of drug-likeness (QED) is 0.759. The Labute approximate surface area is 177 Å². The molecule has 0 bridgehead atoms. The number of amides is 3. The summed E-state index contributed by atoms with van der Waals surface area (Å²) in [5, 5.41) is 5.34. The van der Waals surface area contributed by atoms with E-state index >= 15 is 0 Å². The minimum Gasteiger partial charge on any atom is -0.444 e. The highest BCUT2D eigenvalue weighted by Gasteiger charge is 2.29. The van der Waals surface area contributed by atoms with Crippen LogP contribution >= 0.6 is 0 Å². The number of carbonyl (C=O) groups excluding carboxylic acids is 3. The largest absolute Gasteiger partial charge is 0.444 e. The number of benzene rings is 2. The van der Waals surface area contributed by atoms with Gasteiger partial charge in [0, 0.05) is 12.7 Å². The summed E-state index contributed by atoms with van der Waals surface area (Å²) in [5.41, 5.74) is 1.59. The number of hydrogen-bond donors (Lipinski definition) is 2. The highest BCUT2D eigenvalue weighted by atomic mass is 16.6. The van der Waals surface area contributed by atoms with Crippen molar-refractivity contribution in [2.24, 2.45) is 0 Å². The zero-order valence-corrected chi connectivity index (χ0v) is 18.1. The second-order valence-electron chi connectivity index (χ2n) is 7.98. The normalized spacial score (nSPS) is 11.9. The first-order valence-corrected chi connectivity index (χ1v) is 9.72. The van der Waals surface area contributed by atoms with Gasteiger partial charge in [0.05, 0.1) is 0 Å². The fourth-order valence-electron chi connectivity index (χ4n) is 2.83. The first kappa shape index (κ1) is 22.9. The number of anilines is 1. The van der Waals surface area contributed by atoms with Gasteiger partial charge in [-0.25, -0.2) is 4.79 Å². The molecule has 7 heteroatoms. The number of aryl methyl sites for hydroxylation is 1. The van der Waals surface area contributed by atoms with Gasteiger partial charge in [-0.15, -0.1) is 0 Å². The molecule has 0 aliphatic rings. The van der Waals surface area contributed by atoms with Gasteiger partial charge in [-0.3, -0.25) is 9.59 Å². The lowest BCUT2D eigenvalue weighted by Crippen LogP contribution is -2.44. The molecular weight excluding hydrogens is 382 g/mol. The van der Waals surface area contributed by atoms with Crippen LogP contribution < -0.4 is 10.6 Å². The molecule has 30 heavy (non-hydrogen) atoms. The zero-order valence-electron chi connectivity index (χ0n) is 18.1. The molecule has 0 saturated carbocycles. The van der Waals surface area contributed by atoms with Gasteiger partial charge >= 0.3 is 6.09 Å². The average Bonchev–Trinajstić information content (AvgIpc) is 2.67. The molecule has 2 aromatic carbocycles. The molecule has 0 radical (unpaired) electrons. The van der Waals surface area contributed by atoms with Crippen molar-refractivity contribution in [3.8, 4) is 0 Å². The Bertz CT molecular complexity index is 891. The summed E-state index contributed by atoms with van der Waals surface area (Å²) in [6.45, 7) is 6.82. The van der Waals surface area contributed by atoms with Crippen molar-refractivity contribution in [3.63, 3.8) is 0 Å². The van der Waals surface area contributed by atoms with Gasteiger partial charge in [-0.2, -0.15) is 0 Å². The maximum Gasteiger partial charge on any atom is 0.408 e. The van der Waals surface area contributed by atoms with Gasteiger partial charge in [-0.1, -0.05) is 48.5 Å². The van der Waals surface area contributed by atoms with Gasteiger partial charge < -0.3 is 20.3 Å². The van der Waals surface area contributed by atoms with Crippen LogP contribution in [-0.4, -0.2) is 42.0 Å². The smallest absolute Gasteiger partial charge is 0.408 e. The molecule has 2 N–H and O–H groups in total. The zero-order chi connectivity index (χ0) is 22.3. The Morgan fingerprint density at radius 1 is 1.00 bits per heavy atom. The lowest BCUT2D eigenvalue weighted by Gasteiger charge is -2.28. The first-order valence-electron chi connectivity index (χ1n) is 9.72. The lowest BCUT2D eigenvalue weighted by atomic mass is 10.0. The van der Waals surface area contributed by atoms with E-state index in [2.05, 4.69) is 10.6 Å². The summed E-state index contributed by atoms with van der Waals surface area (Å²) in [5.74, 6) is -0.765. The summed E-state index contributed by atoms with van der Waals surface area (Å²) in [7, 11) is 1.54. The Morgan fingerprint density at radius 2 is 1.60 bits per heavy atom. The molecule has 0 heterocycles. The summed E-state index contributed by atoms with van der Waals surface area (Å²) >= 11 is 0. The number of nitrogens with zero attached hydrogens (tertiary/aromatic N) is 1. The Balaban J connectivity index is 2.16. The Kier molecular flexibility index (Phi) is 7.58. The molecule has 0 aromatic heterocycles. The summed E-state index contributed by atoms with van der Waals surface area (Å²) < 4.78 is 5.15. The van der Waals surface area contributed by atoms with Crippen molar-refractivity contribution in [3.05, 3.63) is 65.7 Å². The predicted molar refractivity (Wildman–Crippen MR) is 116 cm³/mol. The van der Waals surface area contributed by atoms with E-state index < -0.39 is 23.6 Å². The summed E-state index contributed by atoms with van der Waals surface area (Å²) in [6, 6.07) is 15.6. The van der Waals surface area contributed by atoms with Gasteiger partial charge in [0.25, 0.3) is 5.91 Å². The molecule has 0 fully saturated rings. The number of para-hydroxylation sites is 1. The van der Waals surface area contributed by atoms with Crippen molar-refractivity contribution in [1.29, 1.82) is 0 Å². The van der Waals surface area contributed by atoms with Crippen LogP contribution in [0, 0.1) is 6.92 Å². The number of hydrogen-bond acceptors (Lipinski definition) is 4. The molecule has 0 aliphatic carbocycles. The van der Waals surface area contributed by atoms with Gasteiger partial charge in [-0.05, 0) is 44.9 Å². The minimum absolute atomic E-state index is 0.285. The number of likely N-dealkylation sites (N-methyl/N-ethyl adjacent to an activating group) is 1. The van der Waals surface area contributed by atoms with Crippen molar-refractivity contribution >= 4 is 23.6 Å². The predicted octanol–water partition coefficient (Wildman–Crippen LogP) is 3.66. The van der Waals surface area contributed by atoms with Gasteiger partial charge in [0.2, 0.25) is 5.91 Å². The number of rotatable bonds is 6. The maximum atomic E-state index is 13.1. The van der Waals surface area contributed by atoms with E-state index in [1.807, 2.05) is 31.2 Å². The SMILES string of the molecule is Cc1ccccc1NC(=O)C(c1ccccc1)N(C)C(=O)CNC(=O)OC(C)(C)C. The monoisotopic (exact) mass is 411 g/mol. The number of alkyl carbamates (subject to hydrolysis) is 1. The summed E-state index contributed by atoms with van der Waals surface area (Å²) in [6.07, 6.45) is -0.690. The van der Waals surface area contributed by atoms with Crippen molar-refractivity contribution in [1.82, 2.24) is 10.2 Å². The van der Waals surface area contributed by atoms with E-state index in [9.17, 15) is 14.4 Å². The second kappa shape index (κ2) is 9.91. The highest BCUT2D eigenvalue weighted by molar-refractivity contribution is 5.98. The van der Waals surface area contributed by atoms with E-state index in [1.54, 1.807) is 51.1 Å². The highest BCUT2D eigenvalue weighted by Crippen LogP contribution is 2.23. The number of carbonyl (C=O) groups is 3. The maximum absolute atomic E-state index is 13.1. The van der Waals surface area contributed by atoms with Crippen LogP contribution in [0.25, 0.3) is 0 Å². The third-order valence-corrected chi connectivity index (χ3v) is 4.33. The third kappa shape index (κ3) is 6.62. The lowest BCUT2D eigenvalue weighted by molar-refractivity contribution is -0.136. The molecule has 1 unspecified atom stereocenters. The summed E-state index contributed by atoms with van der Waals surface area (Å²) in [4.78, 5) is 39.0. The van der Waals surface area contributed by atoms with Crippen LogP contribution in [0.15, 0.2) is 54.6 Å². The van der Waals surface area contributed by atoms with Crippen LogP contribution in [0.2, 0.25) is 0 Å². The molecule has 2 rings (SSSR count). The minimum atomic E-state index is -0.862. The third-order valence-electron chi connectivity index (χ3n) is 4.33. The first-order chi connectivity index (χ1) is 14.1. The molecule has 0 saturated heterocycles. The molecular formula is C23H29N3O4. The van der Waals surface area contributed by atoms with Gasteiger partial charge in [0.1, 0.15) is 18.2 Å². The Morgan fingerprint density at radius 3 is 2.20 bits per heavy atom. The molecule has 1 atom stereocenters. The molecule has 2 aromatic rings. The van der Waals surface area contributed by atoms with Crippen LogP contribution in [0.3, 0.4) is 0 Å². The van der Waals surface area contributed by atoms with E-state index in [0.29, 0.717) is 11.3 Å². The number of ether oxygens (including phenoxy) is 1. The second-order valence-corrected chi connectivity index (χ2v) is 7.98. The van der Waals surface area contributed by atoms with E-state index in [-0.39, 0.29) is 12.5 Å². The van der Waals surface area contributed by atoms with Crippen LogP contribution in [0.1, 0.15) is 37.9 Å². The fourth-order valence-corrected chi connectivity index (χ4v) is 2.83.